The maximum Gasteiger partial charge on any atom is 0.292 e. The molecule has 0 saturated carbocycles. The highest BCUT2D eigenvalue weighted by atomic mass is 31.0. The van der Waals surface area contributed by atoms with Gasteiger partial charge in [0.15, 0.2) is 0 Å². The van der Waals surface area contributed by atoms with Crippen LogP contribution in [0.2, 0.25) is 0 Å². The van der Waals surface area contributed by atoms with Gasteiger partial charge in [0.2, 0.25) is 0 Å². The normalized spacial score (nSPS) is 8.75. The molecule has 0 heterocycles. The number of ether oxygens (including phenoxy) is 1. The highest BCUT2D eigenvalue weighted by Crippen LogP contribution is 2.21. The van der Waals surface area contributed by atoms with Gasteiger partial charge in [-0.05, 0) is 21.5 Å². The molecule has 1 rings (SSSR count). The molecule has 0 radical (unpaired) electrons. The number of nitrogens with zero attached hydrogens (tertiary/aromatic N) is 2. The van der Waals surface area contributed by atoms with Crippen LogP contribution in [0.1, 0.15) is 0 Å². The highest BCUT2D eigenvalue weighted by molar-refractivity contribution is 7.19. The zero-order valence-electron chi connectivity index (χ0n) is 6.69. The first-order chi connectivity index (χ1) is 5.74. The number of hydrogen-bond donors (Lipinski definition) is 0. The molecule has 0 spiro atoms. The Morgan fingerprint density at radius 1 is 1.58 bits per heavy atom. The zero-order chi connectivity index (χ0) is 8.97. The Bertz CT molecular complexity index is 306. The molecule has 0 saturated heterocycles. The van der Waals surface area contributed by atoms with E-state index in [1.54, 1.807) is 18.4 Å². The van der Waals surface area contributed by atoms with Gasteiger partial charge in [0.1, 0.15) is 5.75 Å². The van der Waals surface area contributed by atoms with Crippen molar-refractivity contribution in [3.8, 4) is 12.0 Å². The second-order valence-electron chi connectivity index (χ2n) is 2.30. The lowest BCUT2D eigenvalue weighted by Crippen LogP contribution is -1.98. The third kappa shape index (κ3) is 2.11. The molecular formula is C8H9N2OP. The highest BCUT2D eigenvalue weighted by Gasteiger charge is 1.97. The van der Waals surface area contributed by atoms with E-state index in [9.17, 15) is 0 Å². The minimum atomic E-state index is 0.560. The van der Waals surface area contributed by atoms with Crippen LogP contribution in [0.25, 0.3) is 0 Å². The lowest BCUT2D eigenvalue weighted by Gasteiger charge is -2.11. The van der Waals surface area contributed by atoms with Crippen LogP contribution < -0.4 is 9.41 Å². The van der Waals surface area contributed by atoms with E-state index in [4.69, 9.17) is 5.26 Å². The van der Waals surface area contributed by atoms with E-state index in [-0.39, 0.29) is 0 Å². The van der Waals surface area contributed by atoms with Crippen molar-refractivity contribution in [2.24, 2.45) is 0 Å². The molecule has 1 aromatic carbocycles. The Morgan fingerprint density at radius 3 is 2.92 bits per heavy atom. The quantitative estimate of drug-likeness (QED) is 0.514. The Kier molecular flexibility index (Phi) is 2.90. The Hall–Kier alpha value is -1.26. The van der Waals surface area contributed by atoms with Gasteiger partial charge in [-0.3, -0.25) is 0 Å². The van der Waals surface area contributed by atoms with Crippen molar-refractivity contribution in [1.82, 2.24) is 0 Å². The molecule has 12 heavy (non-hydrogen) atoms. The largest absolute Gasteiger partial charge is 0.388 e. The average Bonchev–Trinajstić information content (AvgIpc) is 2.05. The first-order valence-corrected chi connectivity index (χ1v) is 3.90. The SMILES string of the molecule is CN(P)c1cccc(OC#N)c1. The molecule has 0 amide bonds. The van der Waals surface area contributed by atoms with E-state index < -0.39 is 0 Å². The van der Waals surface area contributed by atoms with Gasteiger partial charge in [-0.25, -0.2) is 0 Å². The molecule has 0 fully saturated rings. The molecule has 62 valence electrons. The van der Waals surface area contributed by atoms with Crippen molar-refractivity contribution < 1.29 is 4.74 Å². The fourth-order valence-electron chi connectivity index (χ4n) is 0.819. The molecule has 4 heteroatoms. The van der Waals surface area contributed by atoms with Crippen molar-refractivity contribution in [3.63, 3.8) is 0 Å². The Morgan fingerprint density at radius 2 is 2.33 bits per heavy atom. The van der Waals surface area contributed by atoms with Crippen molar-refractivity contribution >= 4 is 15.1 Å². The lowest BCUT2D eigenvalue weighted by atomic mass is 10.3. The van der Waals surface area contributed by atoms with Crippen molar-refractivity contribution in [1.29, 1.82) is 5.26 Å². The summed E-state index contributed by atoms with van der Waals surface area (Å²) in [6.45, 7) is 0. The van der Waals surface area contributed by atoms with Crippen LogP contribution in [0.3, 0.4) is 0 Å². The number of hydrogen-bond acceptors (Lipinski definition) is 3. The van der Waals surface area contributed by atoms with Gasteiger partial charge in [0, 0.05) is 18.8 Å². The minimum absolute atomic E-state index is 0.560. The first-order valence-electron chi connectivity index (χ1n) is 3.38. The smallest absolute Gasteiger partial charge is 0.292 e. The fraction of sp³-hybridized carbons (Fsp3) is 0.125. The van der Waals surface area contributed by atoms with Crippen LogP contribution in [-0.2, 0) is 0 Å². The monoisotopic (exact) mass is 180 g/mol. The molecule has 3 nitrogen and oxygen atoms in total. The molecule has 0 aromatic heterocycles. The summed E-state index contributed by atoms with van der Waals surface area (Å²) in [5, 5.41) is 8.26. The summed E-state index contributed by atoms with van der Waals surface area (Å²) in [4.78, 5) is 0. The number of anilines is 1. The lowest BCUT2D eigenvalue weighted by molar-refractivity contribution is 0.507. The summed E-state index contributed by atoms with van der Waals surface area (Å²) >= 11 is 0. The van der Waals surface area contributed by atoms with Crippen LogP contribution in [0, 0.1) is 11.5 Å². The fourth-order valence-corrected chi connectivity index (χ4v) is 0.980. The molecule has 0 aliphatic heterocycles. The average molecular weight is 180 g/mol. The van der Waals surface area contributed by atoms with E-state index >= 15 is 0 Å². The molecule has 1 aromatic rings. The van der Waals surface area contributed by atoms with Gasteiger partial charge in [0.25, 0.3) is 6.26 Å². The second kappa shape index (κ2) is 3.94. The summed E-state index contributed by atoms with van der Waals surface area (Å²) in [7, 11) is 4.42. The molecule has 1 atom stereocenters. The van der Waals surface area contributed by atoms with E-state index in [2.05, 4.69) is 14.1 Å². The van der Waals surface area contributed by atoms with E-state index in [0.717, 1.165) is 5.69 Å². The third-order valence-electron chi connectivity index (χ3n) is 1.39. The minimum Gasteiger partial charge on any atom is -0.388 e. The molecule has 0 aliphatic carbocycles. The maximum atomic E-state index is 8.26. The number of rotatable bonds is 2. The van der Waals surface area contributed by atoms with Crippen molar-refractivity contribution in [3.05, 3.63) is 24.3 Å². The van der Waals surface area contributed by atoms with Crippen LogP contribution in [0.4, 0.5) is 5.69 Å². The molecule has 0 N–H and O–H groups in total. The predicted molar refractivity (Wildman–Crippen MR) is 50.8 cm³/mol. The third-order valence-corrected chi connectivity index (χ3v) is 1.69. The van der Waals surface area contributed by atoms with E-state index in [1.165, 1.54) is 0 Å². The van der Waals surface area contributed by atoms with Gasteiger partial charge < -0.3 is 9.41 Å². The Balaban J connectivity index is 2.90. The topological polar surface area (TPSA) is 36.3 Å². The predicted octanol–water partition coefficient (Wildman–Crippen LogP) is 1.77. The van der Waals surface area contributed by atoms with Gasteiger partial charge in [0.05, 0.1) is 0 Å². The zero-order valence-corrected chi connectivity index (χ0v) is 7.84. The van der Waals surface area contributed by atoms with Crippen molar-refractivity contribution in [2.75, 3.05) is 11.7 Å². The number of nitriles is 1. The first kappa shape index (κ1) is 8.83. The molecule has 0 bridgehead atoms. The summed E-state index contributed by atoms with van der Waals surface area (Å²) in [5.41, 5.74) is 0.979. The molecule has 1 unspecified atom stereocenters. The van der Waals surface area contributed by atoms with E-state index in [1.807, 2.05) is 23.9 Å². The standard InChI is InChI=1S/C8H9N2OP/c1-10(12)7-3-2-4-8(5-7)11-6-9/h2-5H,12H2,1H3. The van der Waals surface area contributed by atoms with Crippen molar-refractivity contribution in [2.45, 2.75) is 0 Å². The summed E-state index contributed by atoms with van der Waals surface area (Å²) in [5.74, 6) is 0.560. The Labute approximate surface area is 73.8 Å². The van der Waals surface area contributed by atoms with Gasteiger partial charge in [-0.1, -0.05) is 6.07 Å². The van der Waals surface area contributed by atoms with Crippen LogP contribution in [0.15, 0.2) is 24.3 Å². The summed E-state index contributed by atoms with van der Waals surface area (Å²) in [6, 6.07) is 7.29. The van der Waals surface area contributed by atoms with E-state index in [0.29, 0.717) is 5.75 Å². The van der Waals surface area contributed by atoms with Crippen LogP contribution in [-0.4, -0.2) is 7.05 Å². The second-order valence-corrected chi connectivity index (χ2v) is 3.08. The van der Waals surface area contributed by atoms with Gasteiger partial charge in [-0.15, -0.1) is 5.26 Å². The number of benzene rings is 1. The summed E-state index contributed by atoms with van der Waals surface area (Å²) in [6.07, 6.45) is 1.62. The van der Waals surface area contributed by atoms with Crippen LogP contribution >= 0.6 is 9.39 Å². The summed E-state index contributed by atoms with van der Waals surface area (Å²) < 4.78 is 6.53. The van der Waals surface area contributed by atoms with Gasteiger partial charge in [-0.2, -0.15) is 0 Å². The maximum absolute atomic E-state index is 8.26. The van der Waals surface area contributed by atoms with Gasteiger partial charge >= 0.3 is 0 Å². The van der Waals surface area contributed by atoms with Crippen LogP contribution in [0.5, 0.6) is 5.75 Å². The molecule has 0 aliphatic rings. The molecular weight excluding hydrogens is 171 g/mol.